The fourth-order valence-corrected chi connectivity index (χ4v) is 9.90. The number of hydrogen-bond acceptors (Lipinski definition) is 8. The Bertz CT molecular complexity index is 978. The molecule has 226 valence electrons. The fourth-order valence-electron chi connectivity index (χ4n) is 9.90. The summed E-state index contributed by atoms with van der Waals surface area (Å²) in [4.78, 5) is 48.8. The van der Waals surface area contributed by atoms with E-state index in [4.69, 9.17) is 18.9 Å². The van der Waals surface area contributed by atoms with Gasteiger partial charge in [-0.2, -0.15) is 0 Å². The number of fused-ring (bicyclic) bond motifs is 5. The molecule has 4 aliphatic carbocycles. The van der Waals surface area contributed by atoms with Gasteiger partial charge in [0.05, 0.1) is 6.61 Å². The average Bonchev–Trinajstić information content (AvgIpc) is 3.21. The smallest absolute Gasteiger partial charge is 0.305 e. The van der Waals surface area contributed by atoms with Gasteiger partial charge >= 0.3 is 23.9 Å². The molecular weight excluding hydrogens is 512 g/mol. The van der Waals surface area contributed by atoms with Crippen LogP contribution in [0.15, 0.2) is 0 Å². The molecule has 4 aliphatic rings. The first kappa shape index (κ1) is 30.8. The monoisotopic (exact) mass is 562 g/mol. The molecule has 0 amide bonds. The molecule has 0 radical (unpaired) electrons. The van der Waals surface area contributed by atoms with E-state index >= 15 is 0 Å². The van der Waals surface area contributed by atoms with Crippen molar-refractivity contribution in [3.05, 3.63) is 0 Å². The number of hydrogen-bond donors (Lipinski definition) is 0. The van der Waals surface area contributed by atoms with Gasteiger partial charge in [-0.1, -0.05) is 20.8 Å². The quantitative estimate of drug-likeness (QED) is 0.276. The Balaban J connectivity index is 1.67. The maximum atomic E-state index is 12.5. The Morgan fingerprint density at radius 1 is 0.850 bits per heavy atom. The minimum absolute atomic E-state index is 0.0225. The molecule has 4 fully saturated rings. The molecule has 0 spiro atoms. The van der Waals surface area contributed by atoms with Crippen molar-refractivity contribution in [1.29, 1.82) is 0 Å². The topological polar surface area (TPSA) is 105 Å². The molecule has 0 aliphatic heterocycles. The predicted molar refractivity (Wildman–Crippen MR) is 148 cm³/mol. The third kappa shape index (κ3) is 5.78. The molecule has 0 aromatic heterocycles. The predicted octanol–water partition coefficient (Wildman–Crippen LogP) is 5.64. The second kappa shape index (κ2) is 12.0. The summed E-state index contributed by atoms with van der Waals surface area (Å²) in [5, 5.41) is 0. The molecule has 8 heteroatoms. The third-order valence-corrected chi connectivity index (χ3v) is 11.5. The normalized spacial score (nSPS) is 41.0. The summed E-state index contributed by atoms with van der Waals surface area (Å²) in [5.74, 6) is 0.475. The largest absolute Gasteiger partial charge is 0.466 e. The van der Waals surface area contributed by atoms with Crippen molar-refractivity contribution in [2.24, 2.45) is 46.3 Å². The Morgan fingerprint density at radius 3 is 2.15 bits per heavy atom. The van der Waals surface area contributed by atoms with Gasteiger partial charge in [0.15, 0.2) is 0 Å². The van der Waals surface area contributed by atoms with Crippen LogP contribution in [0.5, 0.6) is 0 Å². The second-order valence-electron chi connectivity index (χ2n) is 13.6. The summed E-state index contributed by atoms with van der Waals surface area (Å²) in [7, 11) is 0. The van der Waals surface area contributed by atoms with Crippen LogP contribution in [-0.4, -0.2) is 48.8 Å². The van der Waals surface area contributed by atoms with Crippen LogP contribution in [-0.2, 0) is 38.1 Å². The van der Waals surface area contributed by atoms with Crippen molar-refractivity contribution in [3.8, 4) is 0 Å². The highest BCUT2D eigenvalue weighted by atomic mass is 16.6. The van der Waals surface area contributed by atoms with E-state index in [2.05, 4.69) is 20.8 Å². The van der Waals surface area contributed by atoms with E-state index in [0.29, 0.717) is 13.0 Å². The van der Waals surface area contributed by atoms with Crippen LogP contribution in [0.3, 0.4) is 0 Å². The van der Waals surface area contributed by atoms with Crippen LogP contribution in [0.25, 0.3) is 0 Å². The van der Waals surface area contributed by atoms with Crippen molar-refractivity contribution in [2.45, 2.75) is 125 Å². The van der Waals surface area contributed by atoms with Gasteiger partial charge in [-0.15, -0.1) is 0 Å². The number of rotatable bonds is 8. The molecule has 0 aromatic rings. The highest BCUT2D eigenvalue weighted by Gasteiger charge is 2.67. The Kier molecular flexibility index (Phi) is 9.26. The van der Waals surface area contributed by atoms with Crippen LogP contribution in [0, 0.1) is 46.3 Å². The van der Waals surface area contributed by atoms with Gasteiger partial charge in [0.1, 0.15) is 18.3 Å². The van der Waals surface area contributed by atoms with E-state index in [1.807, 2.05) is 6.92 Å². The Morgan fingerprint density at radius 2 is 1.52 bits per heavy atom. The maximum absolute atomic E-state index is 12.5. The number of ether oxygens (including phenoxy) is 4. The average molecular weight is 563 g/mol. The summed E-state index contributed by atoms with van der Waals surface area (Å²) < 4.78 is 23.2. The van der Waals surface area contributed by atoms with E-state index in [1.54, 1.807) is 0 Å². The molecule has 4 rings (SSSR count). The molecule has 0 bridgehead atoms. The van der Waals surface area contributed by atoms with Crippen molar-refractivity contribution < 1.29 is 38.1 Å². The molecule has 0 saturated heterocycles. The van der Waals surface area contributed by atoms with Crippen molar-refractivity contribution in [3.63, 3.8) is 0 Å². The van der Waals surface area contributed by atoms with Crippen LogP contribution in [0.1, 0.15) is 106 Å². The van der Waals surface area contributed by atoms with Crippen LogP contribution < -0.4 is 0 Å². The lowest BCUT2D eigenvalue weighted by Gasteiger charge is -2.64. The van der Waals surface area contributed by atoms with E-state index in [9.17, 15) is 19.2 Å². The minimum atomic E-state index is -0.280. The van der Waals surface area contributed by atoms with Gasteiger partial charge in [-0.3, -0.25) is 19.2 Å². The van der Waals surface area contributed by atoms with E-state index in [0.717, 1.165) is 51.4 Å². The first-order valence-electron chi connectivity index (χ1n) is 15.5. The molecule has 0 heterocycles. The molecular formula is C32H50O8. The van der Waals surface area contributed by atoms with Crippen LogP contribution in [0.2, 0.25) is 0 Å². The molecule has 0 N–H and O–H groups in total. The zero-order valence-electron chi connectivity index (χ0n) is 25.5. The fraction of sp³-hybridized carbons (Fsp3) is 0.875. The summed E-state index contributed by atoms with van der Waals surface area (Å²) >= 11 is 0. The maximum Gasteiger partial charge on any atom is 0.305 e. The number of esters is 4. The zero-order chi connectivity index (χ0) is 29.4. The summed E-state index contributed by atoms with van der Waals surface area (Å²) in [6.45, 7) is 13.5. The first-order valence-corrected chi connectivity index (χ1v) is 15.5. The molecule has 0 unspecified atom stereocenters. The first-order chi connectivity index (χ1) is 18.8. The van der Waals surface area contributed by atoms with E-state index in [1.165, 1.54) is 20.8 Å². The number of carbonyl (C=O) groups excluding carboxylic acids is 4. The molecule has 4 saturated carbocycles. The second-order valence-corrected chi connectivity index (χ2v) is 13.6. The Labute approximate surface area is 239 Å². The van der Waals surface area contributed by atoms with E-state index in [-0.39, 0.29) is 88.5 Å². The molecule has 40 heavy (non-hydrogen) atoms. The SMILES string of the molecule is CCOC(=O)CC[C@@H](C)[C@H]1CC[C@H]2[C@@H]3[C@H](OC(C)=O)C[C@@H]4C[C@H](OC(C)=O)CC[C@]4(C)[C@H]3C[C@@H](OC(C)=O)[C@]12C. The standard InChI is InChI=1S/C32H50O8/c1-8-37-29(36)12-9-18(2)24-10-11-25-30-26(17-28(32(24,25)7)40-21(5)35)31(6)14-13-23(38-19(3)33)15-22(31)16-27(30)39-20(4)34/h18,22-28,30H,8-17H2,1-7H3/t18-,22+,23-,24-,25+,26+,27-,28-,30+,31+,32-/m1/s1. The van der Waals surface area contributed by atoms with E-state index < -0.39 is 0 Å². The van der Waals surface area contributed by atoms with Crippen LogP contribution in [0.4, 0.5) is 0 Å². The lowest BCUT2D eigenvalue weighted by atomic mass is 9.43. The molecule has 0 aromatic carbocycles. The van der Waals surface area contributed by atoms with Gasteiger partial charge in [-0.05, 0) is 93.3 Å². The summed E-state index contributed by atoms with van der Waals surface area (Å²) in [6.07, 6.45) is 6.55. The summed E-state index contributed by atoms with van der Waals surface area (Å²) in [5.41, 5.74) is -0.303. The van der Waals surface area contributed by atoms with Gasteiger partial charge < -0.3 is 18.9 Å². The van der Waals surface area contributed by atoms with Gasteiger partial charge in [0.2, 0.25) is 0 Å². The van der Waals surface area contributed by atoms with Crippen molar-refractivity contribution in [2.75, 3.05) is 6.61 Å². The molecule has 11 atom stereocenters. The lowest BCUT2D eigenvalue weighted by molar-refractivity contribution is -0.224. The number of carbonyl (C=O) groups is 4. The van der Waals surface area contributed by atoms with Crippen molar-refractivity contribution >= 4 is 23.9 Å². The van der Waals surface area contributed by atoms with Gasteiger partial charge in [-0.25, -0.2) is 0 Å². The van der Waals surface area contributed by atoms with Gasteiger partial charge in [0, 0.05) is 38.5 Å². The minimum Gasteiger partial charge on any atom is -0.466 e. The zero-order valence-corrected chi connectivity index (χ0v) is 25.5. The van der Waals surface area contributed by atoms with Gasteiger partial charge in [0.25, 0.3) is 0 Å². The lowest BCUT2D eigenvalue weighted by Crippen LogP contribution is -2.63. The Hall–Kier alpha value is -2.12. The highest BCUT2D eigenvalue weighted by molar-refractivity contribution is 5.69. The molecule has 8 nitrogen and oxygen atoms in total. The van der Waals surface area contributed by atoms with Crippen molar-refractivity contribution in [1.82, 2.24) is 0 Å². The summed E-state index contributed by atoms with van der Waals surface area (Å²) in [6, 6.07) is 0. The third-order valence-electron chi connectivity index (χ3n) is 11.5. The highest BCUT2D eigenvalue weighted by Crippen LogP contribution is 2.69. The van der Waals surface area contributed by atoms with Crippen LogP contribution >= 0.6 is 0 Å².